The Bertz CT molecular complexity index is 898. The van der Waals surface area contributed by atoms with E-state index in [1.807, 2.05) is 35.2 Å². The van der Waals surface area contributed by atoms with Gasteiger partial charge in [0.2, 0.25) is 5.91 Å². The van der Waals surface area contributed by atoms with Crippen molar-refractivity contribution in [3.63, 3.8) is 0 Å². The van der Waals surface area contributed by atoms with Crippen molar-refractivity contribution < 1.29 is 9.59 Å². The third kappa shape index (κ3) is 4.42. The molecule has 2 aromatic rings. The summed E-state index contributed by atoms with van der Waals surface area (Å²) in [5.74, 6) is 1.28. The van der Waals surface area contributed by atoms with Crippen molar-refractivity contribution >= 4 is 23.3 Å². The first kappa shape index (κ1) is 19.4. The Morgan fingerprint density at radius 3 is 2.48 bits per heavy atom. The Morgan fingerprint density at radius 1 is 1.10 bits per heavy atom. The van der Waals surface area contributed by atoms with Crippen molar-refractivity contribution in [2.75, 3.05) is 36.4 Å². The molecule has 0 unspecified atom stereocenters. The summed E-state index contributed by atoms with van der Waals surface area (Å²) in [7, 11) is 0. The molecule has 2 aliphatic rings. The third-order valence-corrected chi connectivity index (χ3v) is 5.84. The molecule has 6 nitrogen and oxygen atoms in total. The van der Waals surface area contributed by atoms with Crippen molar-refractivity contribution in [1.82, 2.24) is 9.88 Å². The number of nitrogens with zero attached hydrogens (tertiary/aromatic N) is 3. The van der Waals surface area contributed by atoms with Crippen molar-refractivity contribution in [2.24, 2.45) is 5.92 Å². The summed E-state index contributed by atoms with van der Waals surface area (Å²) in [5, 5.41) is 2.96. The van der Waals surface area contributed by atoms with Gasteiger partial charge in [0.15, 0.2) is 0 Å². The highest BCUT2D eigenvalue weighted by molar-refractivity contribution is 6.04. The molecule has 0 bridgehead atoms. The number of piperazine rings is 1. The molecule has 2 heterocycles. The van der Waals surface area contributed by atoms with Gasteiger partial charge in [-0.3, -0.25) is 9.59 Å². The molecular weight excluding hydrogens is 364 g/mol. The Labute approximate surface area is 171 Å². The smallest absolute Gasteiger partial charge is 0.257 e. The highest BCUT2D eigenvalue weighted by atomic mass is 16.2. The maximum Gasteiger partial charge on any atom is 0.257 e. The normalized spacial score (nSPS) is 16.6. The van der Waals surface area contributed by atoms with E-state index < -0.39 is 0 Å². The van der Waals surface area contributed by atoms with Gasteiger partial charge in [-0.1, -0.05) is 13.0 Å². The quantitative estimate of drug-likeness (QED) is 0.848. The van der Waals surface area contributed by atoms with Gasteiger partial charge in [-0.2, -0.15) is 0 Å². The molecule has 1 aliphatic carbocycles. The van der Waals surface area contributed by atoms with Crippen LogP contribution in [0.3, 0.4) is 0 Å². The van der Waals surface area contributed by atoms with E-state index in [0.29, 0.717) is 11.5 Å². The highest BCUT2D eigenvalue weighted by Gasteiger charge is 2.34. The summed E-state index contributed by atoms with van der Waals surface area (Å²) < 4.78 is 0. The summed E-state index contributed by atoms with van der Waals surface area (Å²) in [6.45, 7) is 7.23. The number of pyridine rings is 1. The lowest BCUT2D eigenvalue weighted by atomic mass is 10.1. The van der Waals surface area contributed by atoms with Crippen LogP contribution in [-0.4, -0.2) is 47.9 Å². The monoisotopic (exact) mass is 392 g/mol. The number of carbonyl (C=O) groups is 2. The molecule has 152 valence electrons. The van der Waals surface area contributed by atoms with E-state index in [-0.39, 0.29) is 11.8 Å². The molecule has 2 amide bonds. The Morgan fingerprint density at radius 2 is 1.86 bits per heavy atom. The SMILES string of the molecule is CCc1cc(NC(=O)c2ccc(N3CCN(C(=O)C4CC4)CC3)nc2)ccc1C. The van der Waals surface area contributed by atoms with Gasteiger partial charge in [-0.25, -0.2) is 4.98 Å². The minimum atomic E-state index is -0.158. The summed E-state index contributed by atoms with van der Waals surface area (Å²) in [6.07, 6.45) is 4.66. The number of amides is 2. The fraction of sp³-hybridized carbons (Fsp3) is 0.435. The van der Waals surface area contributed by atoms with Gasteiger partial charge in [-0.05, 0) is 61.6 Å². The van der Waals surface area contributed by atoms with Gasteiger partial charge in [0.1, 0.15) is 5.82 Å². The van der Waals surface area contributed by atoms with Crippen molar-refractivity contribution in [3.8, 4) is 0 Å². The van der Waals surface area contributed by atoms with E-state index in [4.69, 9.17) is 0 Å². The van der Waals surface area contributed by atoms with Gasteiger partial charge in [-0.15, -0.1) is 0 Å². The van der Waals surface area contributed by atoms with Gasteiger partial charge in [0, 0.05) is 44.0 Å². The van der Waals surface area contributed by atoms with E-state index >= 15 is 0 Å². The van der Waals surface area contributed by atoms with Crippen LogP contribution >= 0.6 is 0 Å². The molecule has 1 aromatic carbocycles. The van der Waals surface area contributed by atoms with E-state index in [1.54, 1.807) is 6.20 Å². The second-order valence-corrected chi connectivity index (χ2v) is 7.94. The number of hydrogen-bond donors (Lipinski definition) is 1. The van der Waals surface area contributed by atoms with Crippen molar-refractivity contribution in [3.05, 3.63) is 53.2 Å². The van der Waals surface area contributed by atoms with E-state index in [9.17, 15) is 9.59 Å². The van der Waals surface area contributed by atoms with Crippen molar-refractivity contribution in [1.29, 1.82) is 0 Å². The van der Waals surface area contributed by atoms with Crippen LogP contribution in [0, 0.1) is 12.8 Å². The minimum absolute atomic E-state index is 0.158. The third-order valence-electron chi connectivity index (χ3n) is 5.84. The van der Waals surface area contributed by atoms with Gasteiger partial charge in [0.25, 0.3) is 5.91 Å². The number of rotatable bonds is 5. The summed E-state index contributed by atoms with van der Waals surface area (Å²) in [4.78, 5) is 33.4. The molecule has 1 saturated carbocycles. The topological polar surface area (TPSA) is 65.5 Å². The van der Waals surface area contributed by atoms with Crippen molar-refractivity contribution in [2.45, 2.75) is 33.1 Å². The van der Waals surface area contributed by atoms with E-state index in [2.05, 4.69) is 29.0 Å². The molecule has 0 atom stereocenters. The van der Waals surface area contributed by atoms with Crippen LogP contribution in [0.5, 0.6) is 0 Å². The van der Waals surface area contributed by atoms with Crippen LogP contribution in [0.15, 0.2) is 36.5 Å². The fourth-order valence-corrected chi connectivity index (χ4v) is 3.79. The number of hydrogen-bond acceptors (Lipinski definition) is 4. The van der Waals surface area contributed by atoms with Gasteiger partial charge >= 0.3 is 0 Å². The molecular formula is C23H28N4O2. The molecule has 1 aromatic heterocycles. The number of anilines is 2. The standard InChI is InChI=1S/C23H28N4O2/c1-3-17-14-20(8-4-16(17)2)25-22(28)19-7-9-21(24-15-19)26-10-12-27(13-11-26)23(29)18-5-6-18/h4,7-9,14-15,18H,3,5-6,10-13H2,1-2H3,(H,25,28). The average Bonchev–Trinajstić information content (AvgIpc) is 3.60. The largest absolute Gasteiger partial charge is 0.353 e. The zero-order valence-electron chi connectivity index (χ0n) is 17.1. The highest BCUT2D eigenvalue weighted by Crippen LogP contribution is 2.31. The molecule has 0 radical (unpaired) electrons. The number of aryl methyl sites for hydroxylation is 2. The Hall–Kier alpha value is -2.89. The predicted molar refractivity (Wildman–Crippen MR) is 114 cm³/mol. The molecule has 0 spiro atoms. The van der Waals surface area contributed by atoms with E-state index in [0.717, 1.165) is 56.9 Å². The summed E-state index contributed by atoms with van der Waals surface area (Å²) in [5.41, 5.74) is 3.80. The first-order chi connectivity index (χ1) is 14.0. The lowest BCUT2D eigenvalue weighted by Gasteiger charge is -2.35. The molecule has 1 N–H and O–H groups in total. The lowest BCUT2D eigenvalue weighted by Crippen LogP contribution is -2.49. The molecule has 6 heteroatoms. The number of carbonyl (C=O) groups excluding carboxylic acids is 2. The number of benzene rings is 1. The molecule has 2 fully saturated rings. The molecule has 4 rings (SSSR count). The molecule has 1 saturated heterocycles. The zero-order chi connectivity index (χ0) is 20.4. The Kier molecular flexibility index (Phi) is 5.51. The lowest BCUT2D eigenvalue weighted by molar-refractivity contribution is -0.132. The predicted octanol–water partition coefficient (Wildman–Crippen LogP) is 3.26. The fourth-order valence-electron chi connectivity index (χ4n) is 3.79. The second kappa shape index (κ2) is 8.23. The van der Waals surface area contributed by atoms with Crippen LogP contribution in [0.25, 0.3) is 0 Å². The van der Waals surface area contributed by atoms with Crippen LogP contribution in [0.2, 0.25) is 0 Å². The first-order valence-electron chi connectivity index (χ1n) is 10.5. The maximum atomic E-state index is 12.6. The van der Waals surface area contributed by atoms with Crippen LogP contribution in [0.1, 0.15) is 41.3 Å². The number of aromatic nitrogens is 1. The summed E-state index contributed by atoms with van der Waals surface area (Å²) in [6, 6.07) is 9.69. The molecule has 29 heavy (non-hydrogen) atoms. The van der Waals surface area contributed by atoms with Crippen LogP contribution in [0.4, 0.5) is 11.5 Å². The van der Waals surface area contributed by atoms with Crippen LogP contribution < -0.4 is 10.2 Å². The second-order valence-electron chi connectivity index (χ2n) is 7.94. The average molecular weight is 393 g/mol. The maximum absolute atomic E-state index is 12.6. The summed E-state index contributed by atoms with van der Waals surface area (Å²) >= 11 is 0. The molecule has 1 aliphatic heterocycles. The van der Waals surface area contributed by atoms with E-state index in [1.165, 1.54) is 11.1 Å². The Balaban J connectivity index is 1.35. The first-order valence-corrected chi connectivity index (χ1v) is 10.5. The van der Waals surface area contributed by atoms with Gasteiger partial charge < -0.3 is 15.1 Å². The van der Waals surface area contributed by atoms with Crippen LogP contribution in [-0.2, 0) is 11.2 Å². The number of nitrogens with one attached hydrogen (secondary N) is 1. The minimum Gasteiger partial charge on any atom is -0.353 e. The van der Waals surface area contributed by atoms with Gasteiger partial charge in [0.05, 0.1) is 5.56 Å². The zero-order valence-corrected chi connectivity index (χ0v) is 17.1.